The highest BCUT2D eigenvalue weighted by atomic mass is 19.4. The molecule has 164 valence electrons. The van der Waals surface area contributed by atoms with E-state index in [-0.39, 0.29) is 19.6 Å². The van der Waals surface area contributed by atoms with Crippen LogP contribution < -0.4 is 0 Å². The van der Waals surface area contributed by atoms with Gasteiger partial charge in [0.2, 0.25) is 0 Å². The molecule has 0 rings (SSSR count). The summed E-state index contributed by atoms with van der Waals surface area (Å²) in [6, 6.07) is 0. The highest BCUT2D eigenvalue weighted by Crippen LogP contribution is 2.55. The maximum Gasteiger partial charge on any atom is 0.378 e. The molecule has 0 spiro atoms. The average molecular weight is 418 g/mol. The van der Waals surface area contributed by atoms with Crippen molar-refractivity contribution in [3.05, 3.63) is 0 Å². The molecule has 2 N–H and O–H groups in total. The second-order valence-corrected chi connectivity index (χ2v) is 6.40. The van der Waals surface area contributed by atoms with Gasteiger partial charge >= 0.3 is 23.7 Å². The molecule has 0 bridgehead atoms. The second kappa shape index (κ2) is 10.8. The molecule has 0 unspecified atom stereocenters. The first-order valence-electron chi connectivity index (χ1n) is 8.61. The lowest BCUT2D eigenvalue weighted by Gasteiger charge is -2.37. The van der Waals surface area contributed by atoms with E-state index >= 15 is 0 Å². The lowest BCUT2D eigenvalue weighted by Crippen LogP contribution is -2.62. The normalized spacial score (nSPS) is 14.2. The summed E-state index contributed by atoms with van der Waals surface area (Å²) in [7, 11) is 0. The highest BCUT2D eigenvalue weighted by molar-refractivity contribution is 5.03. The first-order chi connectivity index (χ1) is 12.3. The molecule has 0 amide bonds. The third-order valence-electron chi connectivity index (χ3n) is 4.06. The molecule has 0 aromatic heterocycles. The van der Waals surface area contributed by atoms with Crippen LogP contribution in [-0.4, -0.2) is 60.3 Å². The monoisotopic (exact) mass is 418 g/mol. The third kappa shape index (κ3) is 6.70. The zero-order valence-corrected chi connectivity index (χ0v) is 15.0. The minimum Gasteiger partial charge on any atom is -0.396 e. The largest absolute Gasteiger partial charge is 0.396 e. The first kappa shape index (κ1) is 26.3. The number of aliphatic hydroxyl groups is 2. The Hall–Kier alpha value is -0.680. The van der Waals surface area contributed by atoms with Gasteiger partial charge in [0.05, 0.1) is 0 Å². The van der Waals surface area contributed by atoms with E-state index in [1.807, 2.05) is 0 Å². The molecule has 0 aliphatic carbocycles. The summed E-state index contributed by atoms with van der Waals surface area (Å²) in [6.07, 6.45) is -4.80. The second-order valence-electron chi connectivity index (χ2n) is 6.40. The van der Waals surface area contributed by atoms with Gasteiger partial charge in [0.1, 0.15) is 0 Å². The van der Waals surface area contributed by atoms with E-state index in [1.54, 1.807) is 6.92 Å². The van der Waals surface area contributed by atoms with Gasteiger partial charge in [0, 0.05) is 45.2 Å². The molecule has 0 aliphatic rings. The molecule has 0 atom stereocenters. The van der Waals surface area contributed by atoms with Crippen molar-refractivity contribution in [1.29, 1.82) is 0 Å². The molecule has 11 heteroatoms. The van der Waals surface area contributed by atoms with E-state index in [0.717, 1.165) is 0 Å². The Morgan fingerprint density at radius 3 is 1.59 bits per heavy atom. The van der Waals surface area contributed by atoms with Crippen LogP contribution in [0.1, 0.15) is 45.4 Å². The summed E-state index contributed by atoms with van der Waals surface area (Å²) in [5, 5.41) is 17.5. The van der Waals surface area contributed by atoms with Crippen LogP contribution >= 0.6 is 0 Å². The van der Waals surface area contributed by atoms with Crippen molar-refractivity contribution in [3.63, 3.8) is 0 Å². The highest BCUT2D eigenvalue weighted by Gasteiger charge is 2.79. The Morgan fingerprint density at radius 2 is 1.19 bits per heavy atom. The Kier molecular flexibility index (Phi) is 10.5. The van der Waals surface area contributed by atoms with Gasteiger partial charge in [-0.15, -0.1) is 0 Å². The third-order valence-corrected chi connectivity index (χ3v) is 4.06. The summed E-state index contributed by atoms with van der Waals surface area (Å²) >= 11 is 0. The van der Waals surface area contributed by atoms with E-state index in [4.69, 9.17) is 14.9 Å². The number of hydrogen-bond acceptors (Lipinski definition) is 3. The molecule has 0 heterocycles. The van der Waals surface area contributed by atoms with Crippen LogP contribution in [0.5, 0.6) is 0 Å². The molecule has 0 radical (unpaired) electrons. The van der Waals surface area contributed by atoms with E-state index in [0.29, 0.717) is 6.42 Å². The minimum absolute atomic E-state index is 0.166. The van der Waals surface area contributed by atoms with Crippen molar-refractivity contribution in [2.24, 2.45) is 5.92 Å². The zero-order chi connectivity index (χ0) is 21.4. The van der Waals surface area contributed by atoms with Crippen molar-refractivity contribution in [3.8, 4) is 0 Å². The quantitative estimate of drug-likeness (QED) is 0.304. The van der Waals surface area contributed by atoms with Gasteiger partial charge in [-0.1, -0.05) is 6.92 Å². The summed E-state index contributed by atoms with van der Waals surface area (Å²) in [4.78, 5) is 0. The van der Waals surface area contributed by atoms with Crippen LogP contribution in [-0.2, 0) is 4.74 Å². The molecule has 0 saturated carbocycles. The lowest BCUT2D eigenvalue weighted by molar-refractivity contribution is -0.368. The fraction of sp³-hybridized carbons (Fsp3) is 1.00. The van der Waals surface area contributed by atoms with Crippen LogP contribution in [0.4, 0.5) is 35.1 Å². The van der Waals surface area contributed by atoms with Crippen LogP contribution in [0.3, 0.4) is 0 Å². The summed E-state index contributed by atoms with van der Waals surface area (Å²) in [6.45, 7) is 0.248. The van der Waals surface area contributed by atoms with Crippen LogP contribution in [0.2, 0.25) is 0 Å². The predicted octanol–water partition coefficient (Wildman–Crippen LogP) is 4.51. The smallest absolute Gasteiger partial charge is 0.378 e. The molecule has 3 nitrogen and oxygen atoms in total. The minimum atomic E-state index is -6.28. The Morgan fingerprint density at radius 1 is 0.741 bits per heavy atom. The van der Waals surface area contributed by atoms with Gasteiger partial charge in [-0.2, -0.15) is 35.1 Å². The van der Waals surface area contributed by atoms with Gasteiger partial charge in [-0.25, -0.2) is 0 Å². The molecular weight excluding hydrogens is 392 g/mol. The van der Waals surface area contributed by atoms with E-state index in [9.17, 15) is 35.1 Å². The fourth-order valence-corrected chi connectivity index (χ4v) is 2.27. The number of halogens is 8. The fourth-order valence-electron chi connectivity index (χ4n) is 2.27. The number of rotatable bonds is 15. The Labute approximate surface area is 152 Å². The topological polar surface area (TPSA) is 49.7 Å². The van der Waals surface area contributed by atoms with E-state index in [2.05, 4.69) is 0 Å². The standard InChI is InChI=1S/C16H26F8O3/c1-2-8-27-9-4-7-14(19,20)16(23,24)15(21,22)13(17,18)6-3-5-12(10-25)11-26/h12,25-26H,2-11H2,1H3. The SMILES string of the molecule is CCCOCCCC(F)(F)C(F)(F)C(F)(F)C(F)(F)CCCC(CO)CO. The van der Waals surface area contributed by atoms with E-state index < -0.39 is 68.5 Å². The van der Waals surface area contributed by atoms with Crippen LogP contribution in [0.25, 0.3) is 0 Å². The van der Waals surface area contributed by atoms with Gasteiger partial charge in [0.15, 0.2) is 0 Å². The summed E-state index contributed by atoms with van der Waals surface area (Å²) in [5.74, 6) is -24.2. The van der Waals surface area contributed by atoms with Crippen LogP contribution in [0.15, 0.2) is 0 Å². The van der Waals surface area contributed by atoms with Crippen molar-refractivity contribution in [1.82, 2.24) is 0 Å². The summed E-state index contributed by atoms with van der Waals surface area (Å²) in [5.41, 5.74) is 0. The lowest BCUT2D eigenvalue weighted by atomic mass is 9.92. The van der Waals surface area contributed by atoms with Crippen LogP contribution in [0, 0.1) is 5.92 Å². The maximum atomic E-state index is 13.7. The van der Waals surface area contributed by atoms with Gasteiger partial charge in [0.25, 0.3) is 0 Å². The number of ether oxygens (including phenoxy) is 1. The zero-order valence-electron chi connectivity index (χ0n) is 15.0. The predicted molar refractivity (Wildman–Crippen MR) is 81.6 cm³/mol. The molecular formula is C16H26F8O3. The molecule has 0 aromatic carbocycles. The Bertz CT molecular complexity index is 414. The average Bonchev–Trinajstić information content (AvgIpc) is 2.58. The maximum absolute atomic E-state index is 13.7. The molecule has 0 aromatic rings. The molecule has 0 aliphatic heterocycles. The van der Waals surface area contributed by atoms with Crippen molar-refractivity contribution in [2.45, 2.75) is 69.1 Å². The van der Waals surface area contributed by atoms with Gasteiger partial charge in [-0.3, -0.25) is 0 Å². The number of aliphatic hydroxyl groups excluding tert-OH is 2. The van der Waals surface area contributed by atoms with Gasteiger partial charge in [-0.05, 0) is 25.7 Å². The van der Waals surface area contributed by atoms with Gasteiger partial charge < -0.3 is 14.9 Å². The van der Waals surface area contributed by atoms with Crippen molar-refractivity contribution in [2.75, 3.05) is 26.4 Å². The Balaban J connectivity index is 5.02. The number of alkyl halides is 8. The molecule has 27 heavy (non-hydrogen) atoms. The van der Waals surface area contributed by atoms with Crippen molar-refractivity contribution >= 4 is 0 Å². The molecule has 0 saturated heterocycles. The summed E-state index contributed by atoms with van der Waals surface area (Å²) < 4.78 is 114. The molecule has 0 fully saturated rings. The first-order valence-corrected chi connectivity index (χ1v) is 8.61. The number of hydrogen-bond donors (Lipinski definition) is 2. The van der Waals surface area contributed by atoms with E-state index in [1.165, 1.54) is 0 Å². The van der Waals surface area contributed by atoms with Crippen molar-refractivity contribution < 1.29 is 50.1 Å².